The number of amidine groups is 1. The number of carbonyl (C=O) groups excluding carboxylic acids is 1. The van der Waals surface area contributed by atoms with E-state index in [4.69, 9.17) is 9.47 Å². The molecule has 1 aromatic rings. The maximum atomic E-state index is 12.2. The number of ether oxygens (including phenoxy) is 2. The van der Waals surface area contributed by atoms with Crippen LogP contribution < -0.4 is 9.47 Å². The lowest BCUT2D eigenvalue weighted by Gasteiger charge is -2.27. The molecule has 2 aliphatic rings. The van der Waals surface area contributed by atoms with E-state index in [0.717, 1.165) is 23.8 Å². The second-order valence-corrected chi connectivity index (χ2v) is 7.44. The quantitative estimate of drug-likeness (QED) is 0.761. The van der Waals surface area contributed by atoms with E-state index in [1.165, 1.54) is 31.0 Å². The van der Waals surface area contributed by atoms with Crippen molar-refractivity contribution in [3.63, 3.8) is 0 Å². The van der Waals surface area contributed by atoms with Gasteiger partial charge >= 0.3 is 0 Å². The van der Waals surface area contributed by atoms with Gasteiger partial charge < -0.3 is 14.4 Å². The average Bonchev–Trinajstić information content (AvgIpc) is 2.97. The van der Waals surface area contributed by atoms with Crippen LogP contribution in [0, 0.1) is 0 Å². The fraction of sp³-hybridized carbons (Fsp3) is 0.474. The summed E-state index contributed by atoms with van der Waals surface area (Å²) in [5.41, 5.74) is 0.902. The van der Waals surface area contributed by atoms with E-state index in [2.05, 4.69) is 9.89 Å². The van der Waals surface area contributed by atoms with Gasteiger partial charge in [-0.2, -0.15) is 4.99 Å². The zero-order chi connectivity index (χ0) is 17.8. The summed E-state index contributed by atoms with van der Waals surface area (Å²) in [4.78, 5) is 19.3. The van der Waals surface area contributed by atoms with Gasteiger partial charge in [0, 0.05) is 13.1 Å². The molecule has 1 aromatic carbocycles. The lowest BCUT2D eigenvalue weighted by Crippen LogP contribution is -2.33. The van der Waals surface area contributed by atoms with Crippen LogP contribution >= 0.6 is 11.8 Å². The Bertz CT molecular complexity index is 707. The van der Waals surface area contributed by atoms with Crippen molar-refractivity contribution in [2.24, 2.45) is 4.99 Å². The summed E-state index contributed by atoms with van der Waals surface area (Å²) >= 11 is 1.46. The van der Waals surface area contributed by atoms with Crippen LogP contribution in [-0.2, 0) is 4.79 Å². The average molecular weight is 360 g/mol. The number of amides is 1. The summed E-state index contributed by atoms with van der Waals surface area (Å²) in [6, 6.07) is 5.69. The number of likely N-dealkylation sites (tertiary alicyclic amines) is 1. The normalized spacial score (nSPS) is 19.5. The maximum absolute atomic E-state index is 12.2. The van der Waals surface area contributed by atoms with Crippen molar-refractivity contribution in [1.82, 2.24) is 4.90 Å². The highest BCUT2D eigenvalue weighted by Gasteiger charge is 2.27. The largest absolute Gasteiger partial charge is 0.493 e. The van der Waals surface area contributed by atoms with Gasteiger partial charge in [0.25, 0.3) is 5.91 Å². The molecule has 0 atom stereocenters. The molecule has 2 aliphatic heterocycles. The summed E-state index contributed by atoms with van der Waals surface area (Å²) < 4.78 is 11.1. The first-order valence-electron chi connectivity index (χ1n) is 8.69. The fourth-order valence-electron chi connectivity index (χ4n) is 2.90. The third-order valence-corrected chi connectivity index (χ3v) is 5.13. The first-order chi connectivity index (χ1) is 12.1. The molecule has 25 heavy (non-hydrogen) atoms. The predicted octanol–water partition coefficient (Wildman–Crippen LogP) is 3.94. The summed E-state index contributed by atoms with van der Waals surface area (Å²) in [5.74, 6) is 1.21. The third-order valence-electron chi connectivity index (χ3n) is 4.08. The van der Waals surface area contributed by atoms with E-state index in [-0.39, 0.29) is 12.0 Å². The van der Waals surface area contributed by atoms with E-state index < -0.39 is 0 Å². The molecule has 2 heterocycles. The van der Waals surface area contributed by atoms with Crippen molar-refractivity contribution in [2.45, 2.75) is 39.2 Å². The van der Waals surface area contributed by atoms with E-state index in [1.807, 2.05) is 38.1 Å². The molecule has 0 saturated carbocycles. The summed E-state index contributed by atoms with van der Waals surface area (Å²) in [6.45, 7) is 5.92. The lowest BCUT2D eigenvalue weighted by atomic mass is 10.1. The molecule has 3 rings (SSSR count). The van der Waals surface area contributed by atoms with Crippen molar-refractivity contribution < 1.29 is 14.3 Å². The van der Waals surface area contributed by atoms with E-state index in [9.17, 15) is 4.79 Å². The summed E-state index contributed by atoms with van der Waals surface area (Å²) in [6.07, 6.45) is 5.54. The molecule has 0 N–H and O–H groups in total. The Balaban J connectivity index is 1.76. The topological polar surface area (TPSA) is 51.1 Å². The van der Waals surface area contributed by atoms with Crippen molar-refractivity contribution in [3.8, 4) is 11.5 Å². The minimum absolute atomic E-state index is 0.0746. The highest BCUT2D eigenvalue weighted by Crippen LogP contribution is 2.34. The number of nitrogens with zero attached hydrogens (tertiary/aromatic N) is 2. The smallest absolute Gasteiger partial charge is 0.286 e. The van der Waals surface area contributed by atoms with Gasteiger partial charge in [0.2, 0.25) is 0 Å². The number of thioether (sulfide) groups is 1. The van der Waals surface area contributed by atoms with Crippen LogP contribution in [0.4, 0.5) is 0 Å². The number of benzene rings is 1. The Kier molecular flexibility index (Phi) is 5.68. The van der Waals surface area contributed by atoms with Gasteiger partial charge in [-0.25, -0.2) is 0 Å². The Morgan fingerprint density at radius 3 is 2.64 bits per heavy atom. The van der Waals surface area contributed by atoms with Gasteiger partial charge in [-0.3, -0.25) is 4.79 Å². The molecule has 5 nitrogen and oxygen atoms in total. The van der Waals surface area contributed by atoms with Crippen molar-refractivity contribution in [3.05, 3.63) is 28.7 Å². The molecule has 0 aromatic heterocycles. The molecule has 6 heteroatoms. The van der Waals surface area contributed by atoms with Gasteiger partial charge in [0.15, 0.2) is 16.7 Å². The van der Waals surface area contributed by atoms with E-state index in [1.54, 1.807) is 7.11 Å². The van der Waals surface area contributed by atoms with Crippen LogP contribution in [0.25, 0.3) is 6.08 Å². The number of hydrogen-bond donors (Lipinski definition) is 0. The minimum Gasteiger partial charge on any atom is -0.493 e. The number of rotatable bonds is 4. The second-order valence-electron chi connectivity index (χ2n) is 6.43. The van der Waals surface area contributed by atoms with Crippen molar-refractivity contribution in [2.75, 3.05) is 20.2 Å². The molecule has 0 radical (unpaired) electrons. The van der Waals surface area contributed by atoms with Crippen LogP contribution in [0.2, 0.25) is 0 Å². The molecule has 0 unspecified atom stereocenters. The van der Waals surface area contributed by atoms with Crippen molar-refractivity contribution in [1.29, 1.82) is 0 Å². The number of methoxy groups -OCH3 is 1. The van der Waals surface area contributed by atoms with Crippen LogP contribution in [-0.4, -0.2) is 42.3 Å². The first kappa shape index (κ1) is 17.9. The molecular formula is C19H24N2O3S. The molecule has 0 bridgehead atoms. The number of aliphatic imine (C=N–C) groups is 1. The Morgan fingerprint density at radius 1 is 1.20 bits per heavy atom. The Hall–Kier alpha value is -1.95. The Morgan fingerprint density at radius 2 is 1.96 bits per heavy atom. The molecule has 0 spiro atoms. The van der Waals surface area contributed by atoms with Crippen molar-refractivity contribution >= 4 is 28.9 Å². The highest BCUT2D eigenvalue weighted by molar-refractivity contribution is 8.18. The summed E-state index contributed by atoms with van der Waals surface area (Å²) in [7, 11) is 1.62. The molecular weight excluding hydrogens is 336 g/mol. The SMILES string of the molecule is COc1cc(/C=C2/SC(N3CCCCC3)=NC2=O)ccc1OC(C)C. The third kappa shape index (κ3) is 4.37. The van der Waals surface area contributed by atoms with Gasteiger partial charge in [0.1, 0.15) is 0 Å². The zero-order valence-corrected chi connectivity index (χ0v) is 15.8. The molecule has 1 fully saturated rings. The number of hydrogen-bond acceptors (Lipinski definition) is 5. The van der Waals surface area contributed by atoms with Gasteiger partial charge in [-0.1, -0.05) is 6.07 Å². The Labute approximate surface area is 153 Å². The molecule has 1 amide bonds. The van der Waals surface area contributed by atoms with Crippen LogP contribution in [0.1, 0.15) is 38.7 Å². The van der Waals surface area contributed by atoms with E-state index in [0.29, 0.717) is 16.4 Å². The standard InChI is InChI=1S/C19H24N2O3S/c1-13(2)24-15-8-7-14(11-16(15)23-3)12-17-18(22)20-19(25-17)21-9-5-4-6-10-21/h7-8,11-13H,4-6,9-10H2,1-3H3/b17-12+. The summed E-state index contributed by atoms with van der Waals surface area (Å²) in [5, 5.41) is 0.836. The number of piperidine rings is 1. The van der Waals surface area contributed by atoms with Crippen LogP contribution in [0.15, 0.2) is 28.1 Å². The van der Waals surface area contributed by atoms with Gasteiger partial charge in [-0.05, 0) is 68.6 Å². The molecule has 134 valence electrons. The second kappa shape index (κ2) is 7.95. The highest BCUT2D eigenvalue weighted by atomic mass is 32.2. The monoisotopic (exact) mass is 360 g/mol. The minimum atomic E-state index is -0.160. The first-order valence-corrected chi connectivity index (χ1v) is 9.50. The van der Waals surface area contributed by atoms with Gasteiger partial charge in [-0.15, -0.1) is 0 Å². The predicted molar refractivity (Wildman–Crippen MR) is 102 cm³/mol. The molecule has 1 saturated heterocycles. The van der Waals surface area contributed by atoms with E-state index >= 15 is 0 Å². The zero-order valence-electron chi connectivity index (χ0n) is 14.9. The van der Waals surface area contributed by atoms with Gasteiger partial charge in [0.05, 0.1) is 18.1 Å². The lowest BCUT2D eigenvalue weighted by molar-refractivity contribution is -0.113. The fourth-order valence-corrected chi connectivity index (χ4v) is 3.86. The number of carbonyl (C=O) groups is 1. The van der Waals surface area contributed by atoms with Crippen LogP contribution in [0.3, 0.4) is 0 Å². The maximum Gasteiger partial charge on any atom is 0.286 e. The van der Waals surface area contributed by atoms with Crippen LogP contribution in [0.5, 0.6) is 11.5 Å². The molecule has 0 aliphatic carbocycles.